The highest BCUT2D eigenvalue weighted by molar-refractivity contribution is 9.10. The second-order valence-corrected chi connectivity index (χ2v) is 10.3. The fourth-order valence-corrected chi connectivity index (χ4v) is 5.76. The Morgan fingerprint density at radius 2 is 1.00 bits per heavy atom. The predicted octanol–water partition coefficient (Wildman–Crippen LogP) is 8.81. The highest BCUT2D eigenvalue weighted by atomic mass is 79.9. The van der Waals surface area contributed by atoms with E-state index in [0.29, 0.717) is 0 Å². The van der Waals surface area contributed by atoms with Crippen molar-refractivity contribution in [3.05, 3.63) is 150 Å². The first-order valence-electron chi connectivity index (χ1n) is 10.7. The van der Waals surface area contributed by atoms with E-state index in [1.807, 2.05) is 6.07 Å². The maximum Gasteiger partial charge on any atom is 0.135 e. The predicted molar refractivity (Wildman–Crippen MR) is 141 cm³/mol. The average molecular weight is 498 g/mol. The highest BCUT2D eigenvalue weighted by Crippen LogP contribution is 2.59. The fourth-order valence-electron chi connectivity index (χ4n) is 4.52. The molecule has 0 saturated carbocycles. The van der Waals surface area contributed by atoms with E-state index in [-0.39, 0.29) is 5.92 Å². The number of hydrogen-bond donors (Lipinski definition) is 0. The largest absolute Gasteiger partial charge is 0.135 e. The molecule has 2 atom stereocenters. The van der Waals surface area contributed by atoms with Gasteiger partial charge in [-0.15, -0.1) is 11.6 Å². The molecular weight excluding hydrogens is 476 g/mol. The van der Waals surface area contributed by atoms with Crippen molar-refractivity contribution in [3.8, 4) is 0 Å². The zero-order chi connectivity index (χ0) is 22.0. The molecule has 0 spiro atoms. The van der Waals surface area contributed by atoms with E-state index in [2.05, 4.69) is 137 Å². The maximum absolute atomic E-state index is 7.48. The molecule has 0 radical (unpaired) electrons. The van der Waals surface area contributed by atoms with Crippen LogP contribution in [0.25, 0.3) is 16.7 Å². The van der Waals surface area contributed by atoms with Crippen LogP contribution in [0.5, 0.6) is 0 Å². The van der Waals surface area contributed by atoms with Gasteiger partial charge < -0.3 is 0 Å². The SMILES string of the molecule is ClC1(Br)C(c2ccccc2)=CC(c2ccccc2)=C(c2ccccc2)C1c1ccccc1. The third-order valence-corrected chi connectivity index (χ3v) is 7.28. The van der Waals surface area contributed by atoms with Crippen LogP contribution in [-0.2, 0) is 0 Å². The van der Waals surface area contributed by atoms with Crippen LogP contribution in [0.15, 0.2) is 127 Å². The van der Waals surface area contributed by atoms with Gasteiger partial charge in [-0.3, -0.25) is 0 Å². The molecule has 156 valence electrons. The Morgan fingerprint density at radius 3 is 1.53 bits per heavy atom. The molecule has 2 heteroatoms. The van der Waals surface area contributed by atoms with Crippen molar-refractivity contribution < 1.29 is 0 Å². The van der Waals surface area contributed by atoms with Crippen LogP contribution in [0.4, 0.5) is 0 Å². The minimum Gasteiger partial charge on any atom is -0.100 e. The highest BCUT2D eigenvalue weighted by Gasteiger charge is 2.45. The molecule has 4 aromatic carbocycles. The Hall–Kier alpha value is -2.87. The molecule has 0 nitrogen and oxygen atoms in total. The number of hydrogen-bond acceptors (Lipinski definition) is 0. The molecule has 0 bridgehead atoms. The molecule has 4 aromatic rings. The van der Waals surface area contributed by atoms with Gasteiger partial charge in [0.25, 0.3) is 0 Å². The molecule has 2 unspecified atom stereocenters. The molecule has 5 rings (SSSR count). The zero-order valence-electron chi connectivity index (χ0n) is 17.5. The van der Waals surface area contributed by atoms with Crippen molar-refractivity contribution in [2.24, 2.45) is 0 Å². The van der Waals surface area contributed by atoms with Crippen molar-refractivity contribution >= 4 is 44.3 Å². The fraction of sp³-hybridized carbons (Fsp3) is 0.0667. The molecule has 0 aliphatic heterocycles. The Labute approximate surface area is 203 Å². The summed E-state index contributed by atoms with van der Waals surface area (Å²) in [4.78, 5) is 0. The van der Waals surface area contributed by atoms with Gasteiger partial charge in [-0.1, -0.05) is 137 Å². The lowest BCUT2D eigenvalue weighted by Gasteiger charge is -2.40. The third-order valence-electron chi connectivity index (χ3n) is 5.98. The van der Waals surface area contributed by atoms with Gasteiger partial charge in [0.15, 0.2) is 0 Å². The summed E-state index contributed by atoms with van der Waals surface area (Å²) >= 11 is 11.5. The van der Waals surface area contributed by atoms with Gasteiger partial charge in [0.1, 0.15) is 3.78 Å². The molecule has 0 saturated heterocycles. The first-order valence-corrected chi connectivity index (χ1v) is 11.9. The van der Waals surface area contributed by atoms with Crippen LogP contribution in [0.3, 0.4) is 0 Å². The zero-order valence-corrected chi connectivity index (χ0v) is 19.8. The number of halogens is 2. The normalized spacial score (nSPS) is 20.7. The van der Waals surface area contributed by atoms with Gasteiger partial charge in [-0.25, -0.2) is 0 Å². The summed E-state index contributed by atoms with van der Waals surface area (Å²) in [6.07, 6.45) is 2.26. The van der Waals surface area contributed by atoms with Crippen molar-refractivity contribution in [1.29, 1.82) is 0 Å². The number of rotatable bonds is 4. The molecule has 0 aromatic heterocycles. The summed E-state index contributed by atoms with van der Waals surface area (Å²) in [5, 5.41) is 0. The quantitative estimate of drug-likeness (QED) is 0.247. The van der Waals surface area contributed by atoms with E-state index in [4.69, 9.17) is 11.6 Å². The van der Waals surface area contributed by atoms with Crippen LogP contribution in [0.2, 0.25) is 0 Å². The topological polar surface area (TPSA) is 0 Å². The van der Waals surface area contributed by atoms with Crippen LogP contribution < -0.4 is 0 Å². The summed E-state index contributed by atoms with van der Waals surface area (Å²) < 4.78 is -0.806. The lowest BCUT2D eigenvalue weighted by molar-refractivity contribution is 0.862. The molecule has 0 fully saturated rings. The number of alkyl halides is 2. The smallest absolute Gasteiger partial charge is 0.100 e. The van der Waals surface area contributed by atoms with E-state index in [1.54, 1.807) is 0 Å². The van der Waals surface area contributed by atoms with Gasteiger partial charge in [0.05, 0.1) is 0 Å². The van der Waals surface area contributed by atoms with E-state index in [0.717, 1.165) is 11.1 Å². The molecular formula is C30H22BrCl. The van der Waals surface area contributed by atoms with Crippen LogP contribution in [0.1, 0.15) is 28.2 Å². The minimum absolute atomic E-state index is 0.0943. The minimum atomic E-state index is -0.806. The molecule has 0 N–H and O–H groups in total. The Balaban J connectivity index is 1.87. The Morgan fingerprint density at radius 1 is 0.562 bits per heavy atom. The monoisotopic (exact) mass is 496 g/mol. The van der Waals surface area contributed by atoms with Gasteiger partial charge in [-0.05, 0) is 45.0 Å². The van der Waals surface area contributed by atoms with Crippen LogP contribution in [0, 0.1) is 0 Å². The lowest BCUT2D eigenvalue weighted by Crippen LogP contribution is -2.29. The summed E-state index contributed by atoms with van der Waals surface area (Å²) in [5.74, 6) is -0.0943. The van der Waals surface area contributed by atoms with Gasteiger partial charge in [0.2, 0.25) is 0 Å². The van der Waals surface area contributed by atoms with E-state index < -0.39 is 3.78 Å². The van der Waals surface area contributed by atoms with Crippen molar-refractivity contribution in [1.82, 2.24) is 0 Å². The van der Waals surface area contributed by atoms with Crippen molar-refractivity contribution in [2.45, 2.75) is 9.70 Å². The first kappa shape index (κ1) is 21.0. The average Bonchev–Trinajstić information content (AvgIpc) is 2.85. The standard InChI is InChI=1S/C30H22BrCl/c31-30(32)27(23-15-7-2-8-16-23)21-26(22-13-5-1-6-14-22)28(24-17-9-3-10-18-24)29(30)25-19-11-4-12-20-25/h1-21,29H. The van der Waals surface area contributed by atoms with E-state index >= 15 is 0 Å². The summed E-state index contributed by atoms with van der Waals surface area (Å²) in [7, 11) is 0. The van der Waals surface area contributed by atoms with Crippen LogP contribution >= 0.6 is 27.5 Å². The molecule has 1 aliphatic rings. The van der Waals surface area contributed by atoms with Crippen LogP contribution in [-0.4, -0.2) is 3.78 Å². The molecule has 32 heavy (non-hydrogen) atoms. The third kappa shape index (κ3) is 3.88. The summed E-state index contributed by atoms with van der Waals surface area (Å²) in [5.41, 5.74) is 8.12. The van der Waals surface area contributed by atoms with E-state index in [9.17, 15) is 0 Å². The first-order chi connectivity index (χ1) is 15.7. The molecule has 0 heterocycles. The second-order valence-electron chi connectivity index (χ2n) is 7.95. The molecule has 1 aliphatic carbocycles. The summed E-state index contributed by atoms with van der Waals surface area (Å²) in [6, 6.07) is 42.2. The van der Waals surface area contributed by atoms with Crippen molar-refractivity contribution in [2.75, 3.05) is 0 Å². The summed E-state index contributed by atoms with van der Waals surface area (Å²) in [6.45, 7) is 0. The Kier molecular flexibility index (Phi) is 5.87. The second kappa shape index (κ2) is 8.94. The van der Waals surface area contributed by atoms with Gasteiger partial charge in [-0.2, -0.15) is 0 Å². The number of allylic oxidation sites excluding steroid dienone is 4. The van der Waals surface area contributed by atoms with Gasteiger partial charge in [0, 0.05) is 5.92 Å². The number of benzene rings is 4. The van der Waals surface area contributed by atoms with E-state index in [1.165, 1.54) is 27.8 Å². The molecule has 0 amide bonds. The van der Waals surface area contributed by atoms with Gasteiger partial charge >= 0.3 is 0 Å². The Bertz CT molecular complexity index is 1260. The van der Waals surface area contributed by atoms with Crippen molar-refractivity contribution in [3.63, 3.8) is 0 Å². The maximum atomic E-state index is 7.48. The lowest BCUT2D eigenvalue weighted by atomic mass is 9.73.